The molecule has 8 aromatic rings. The van der Waals surface area contributed by atoms with Gasteiger partial charge in [0.2, 0.25) is 0 Å². The van der Waals surface area contributed by atoms with E-state index in [-0.39, 0.29) is 5.41 Å². The molecule has 6 aromatic carbocycles. The van der Waals surface area contributed by atoms with E-state index in [2.05, 4.69) is 155 Å². The smallest absolute Gasteiger partial charge is 0.0541 e. The Hall–Kier alpha value is -5.08. The van der Waals surface area contributed by atoms with Crippen LogP contribution >= 0.6 is 0 Å². The van der Waals surface area contributed by atoms with Crippen molar-refractivity contribution < 1.29 is 0 Å². The number of rotatable bonds is 4. The zero-order valence-corrected chi connectivity index (χ0v) is 24.1. The quantitative estimate of drug-likeness (QED) is 0.205. The highest BCUT2D eigenvalue weighted by Gasteiger charge is 2.37. The molecule has 0 amide bonds. The first-order valence-electron chi connectivity index (χ1n) is 15.5. The third-order valence-corrected chi connectivity index (χ3v) is 9.97. The molecule has 2 nitrogen and oxygen atoms in total. The van der Waals surface area contributed by atoms with E-state index >= 15 is 0 Å². The summed E-state index contributed by atoms with van der Waals surface area (Å²) in [4.78, 5) is 0. The summed E-state index contributed by atoms with van der Waals surface area (Å²) in [6.45, 7) is 0. The highest BCUT2D eigenvalue weighted by Crippen LogP contribution is 2.47. The lowest BCUT2D eigenvalue weighted by Gasteiger charge is -2.31. The molecule has 2 heterocycles. The van der Waals surface area contributed by atoms with Crippen LogP contribution in [0.2, 0.25) is 0 Å². The minimum Gasteiger partial charge on any atom is -0.309 e. The van der Waals surface area contributed by atoms with Crippen LogP contribution in [-0.4, -0.2) is 9.13 Å². The van der Waals surface area contributed by atoms with Gasteiger partial charge in [0.1, 0.15) is 0 Å². The lowest BCUT2D eigenvalue weighted by atomic mass is 9.73. The third-order valence-electron chi connectivity index (χ3n) is 9.97. The van der Waals surface area contributed by atoms with Crippen molar-refractivity contribution in [2.45, 2.75) is 31.1 Å². The molecular formula is C41H32N2. The van der Waals surface area contributed by atoms with Crippen LogP contribution in [0.3, 0.4) is 0 Å². The maximum atomic E-state index is 2.41. The first-order chi connectivity index (χ1) is 21.3. The molecule has 1 fully saturated rings. The van der Waals surface area contributed by atoms with Crippen LogP contribution in [0.5, 0.6) is 0 Å². The van der Waals surface area contributed by atoms with Gasteiger partial charge < -0.3 is 9.13 Å². The number of benzene rings is 6. The van der Waals surface area contributed by atoms with Gasteiger partial charge in [-0.15, -0.1) is 0 Å². The van der Waals surface area contributed by atoms with Gasteiger partial charge in [0.15, 0.2) is 0 Å². The largest absolute Gasteiger partial charge is 0.309 e. The number of nitrogens with zero attached hydrogens (tertiary/aromatic N) is 2. The minimum atomic E-state index is 0.0543. The van der Waals surface area contributed by atoms with Crippen LogP contribution in [0.4, 0.5) is 0 Å². The summed E-state index contributed by atoms with van der Waals surface area (Å²) in [5.41, 5.74) is 10.4. The number of fused-ring (bicyclic) bond motifs is 6. The SMILES string of the molecule is c1ccc2c(c1)c1ccccc1n2-c1ccc(C2(c3ccc(-n4c5ccccc5c5ccccc54)cc3)CCCC2)cc1. The molecule has 206 valence electrons. The Balaban J connectivity index is 1.13. The van der Waals surface area contributed by atoms with Crippen molar-refractivity contribution >= 4 is 43.6 Å². The molecule has 1 saturated carbocycles. The molecule has 0 radical (unpaired) electrons. The molecule has 0 aliphatic heterocycles. The van der Waals surface area contributed by atoms with Gasteiger partial charge >= 0.3 is 0 Å². The van der Waals surface area contributed by atoms with E-state index in [0.717, 1.165) is 0 Å². The second-order valence-electron chi connectivity index (χ2n) is 12.1. The number of aromatic nitrogens is 2. The van der Waals surface area contributed by atoms with Crippen molar-refractivity contribution in [3.8, 4) is 11.4 Å². The predicted molar refractivity (Wildman–Crippen MR) is 181 cm³/mol. The molecule has 0 unspecified atom stereocenters. The number of hydrogen-bond acceptors (Lipinski definition) is 0. The third kappa shape index (κ3) is 3.59. The standard InChI is InChI=1S/C41H32N2/c1-5-15-37-33(11-1)34-12-2-6-16-38(34)42(37)31-23-19-29(20-24-31)41(27-9-10-28-41)30-21-25-32(26-22-30)43-39-17-7-3-13-35(39)36-14-4-8-18-40(36)43/h1-8,11-26H,9-10,27-28H2. The molecule has 1 aliphatic carbocycles. The Morgan fingerprint density at radius 1 is 0.349 bits per heavy atom. The highest BCUT2D eigenvalue weighted by atomic mass is 15.0. The molecule has 9 rings (SSSR count). The first-order valence-corrected chi connectivity index (χ1v) is 15.5. The predicted octanol–water partition coefficient (Wildman–Crippen LogP) is 10.7. The van der Waals surface area contributed by atoms with E-state index in [1.54, 1.807) is 0 Å². The van der Waals surface area contributed by atoms with Gasteiger partial charge in [0.05, 0.1) is 22.1 Å². The molecule has 0 atom stereocenters. The zero-order valence-electron chi connectivity index (χ0n) is 24.1. The Labute approximate surface area is 251 Å². The fourth-order valence-corrected chi connectivity index (χ4v) is 7.98. The van der Waals surface area contributed by atoms with Gasteiger partial charge in [-0.25, -0.2) is 0 Å². The van der Waals surface area contributed by atoms with Crippen LogP contribution in [0.1, 0.15) is 36.8 Å². The summed E-state index contributed by atoms with van der Waals surface area (Å²) in [5, 5.41) is 5.21. The molecule has 43 heavy (non-hydrogen) atoms. The molecular weight excluding hydrogens is 520 g/mol. The molecule has 1 aliphatic rings. The van der Waals surface area contributed by atoms with Gasteiger partial charge in [0.25, 0.3) is 0 Å². The molecule has 2 aromatic heterocycles. The van der Waals surface area contributed by atoms with E-state index in [4.69, 9.17) is 0 Å². The van der Waals surface area contributed by atoms with Crippen LogP contribution in [0.25, 0.3) is 55.0 Å². The number of hydrogen-bond donors (Lipinski definition) is 0. The summed E-state index contributed by atoms with van der Waals surface area (Å²) >= 11 is 0. The molecule has 0 saturated heterocycles. The van der Waals surface area contributed by atoms with E-state index in [1.165, 1.54) is 91.8 Å². The van der Waals surface area contributed by atoms with E-state index < -0.39 is 0 Å². The summed E-state index contributed by atoms with van der Waals surface area (Å²) < 4.78 is 4.83. The minimum absolute atomic E-state index is 0.0543. The maximum absolute atomic E-state index is 2.41. The fourth-order valence-electron chi connectivity index (χ4n) is 7.98. The van der Waals surface area contributed by atoms with Gasteiger partial charge in [-0.2, -0.15) is 0 Å². The lowest BCUT2D eigenvalue weighted by Crippen LogP contribution is -2.23. The number of para-hydroxylation sites is 4. The Morgan fingerprint density at radius 3 is 0.977 bits per heavy atom. The van der Waals surface area contributed by atoms with Gasteiger partial charge in [-0.05, 0) is 72.5 Å². The second kappa shape index (κ2) is 9.47. The van der Waals surface area contributed by atoms with Gasteiger partial charge in [0, 0.05) is 38.3 Å². The van der Waals surface area contributed by atoms with E-state index in [0.29, 0.717) is 0 Å². The monoisotopic (exact) mass is 552 g/mol. The summed E-state index contributed by atoms with van der Waals surface area (Å²) in [7, 11) is 0. The highest BCUT2D eigenvalue weighted by molar-refractivity contribution is 6.10. The Morgan fingerprint density at radius 2 is 0.651 bits per heavy atom. The molecule has 0 spiro atoms. The molecule has 0 N–H and O–H groups in total. The Bertz CT molecular complexity index is 2010. The fraction of sp³-hybridized carbons (Fsp3) is 0.122. The van der Waals surface area contributed by atoms with Crippen LogP contribution < -0.4 is 0 Å². The average molecular weight is 553 g/mol. The van der Waals surface area contributed by atoms with Crippen LogP contribution in [0, 0.1) is 0 Å². The van der Waals surface area contributed by atoms with Crippen molar-refractivity contribution in [3.05, 3.63) is 157 Å². The van der Waals surface area contributed by atoms with Crippen molar-refractivity contribution in [1.29, 1.82) is 0 Å². The van der Waals surface area contributed by atoms with Crippen molar-refractivity contribution in [2.75, 3.05) is 0 Å². The Kier molecular flexibility index (Phi) is 5.40. The van der Waals surface area contributed by atoms with Crippen LogP contribution in [0.15, 0.2) is 146 Å². The summed E-state index contributed by atoms with van der Waals surface area (Å²) in [5.74, 6) is 0. The summed E-state index contributed by atoms with van der Waals surface area (Å²) in [6, 6.07) is 53.9. The van der Waals surface area contributed by atoms with Crippen molar-refractivity contribution in [1.82, 2.24) is 9.13 Å². The van der Waals surface area contributed by atoms with Crippen molar-refractivity contribution in [2.24, 2.45) is 0 Å². The second-order valence-corrected chi connectivity index (χ2v) is 12.1. The molecule has 0 bridgehead atoms. The summed E-state index contributed by atoms with van der Waals surface area (Å²) in [6.07, 6.45) is 4.92. The van der Waals surface area contributed by atoms with Gasteiger partial charge in [-0.3, -0.25) is 0 Å². The van der Waals surface area contributed by atoms with E-state index in [1.807, 2.05) is 0 Å². The lowest BCUT2D eigenvalue weighted by molar-refractivity contribution is 0.535. The maximum Gasteiger partial charge on any atom is 0.0541 e. The average Bonchev–Trinajstić information content (AvgIpc) is 3.79. The molecule has 2 heteroatoms. The van der Waals surface area contributed by atoms with Gasteiger partial charge in [-0.1, -0.05) is 110 Å². The first kappa shape index (κ1) is 24.5. The topological polar surface area (TPSA) is 9.86 Å². The zero-order chi connectivity index (χ0) is 28.4. The van der Waals surface area contributed by atoms with Crippen LogP contribution in [-0.2, 0) is 5.41 Å². The van der Waals surface area contributed by atoms with Crippen molar-refractivity contribution in [3.63, 3.8) is 0 Å². The van der Waals surface area contributed by atoms with E-state index in [9.17, 15) is 0 Å². The normalized spacial score (nSPS) is 14.8.